The van der Waals surface area contributed by atoms with Crippen LogP contribution in [-0.2, 0) is 14.8 Å². The van der Waals surface area contributed by atoms with E-state index >= 15 is 0 Å². The molecule has 1 N–H and O–H groups in total. The number of methoxy groups -OCH3 is 1. The maximum absolute atomic E-state index is 12.6. The van der Waals surface area contributed by atoms with Gasteiger partial charge in [-0.15, -0.1) is 0 Å². The van der Waals surface area contributed by atoms with Crippen LogP contribution in [-0.4, -0.2) is 41.3 Å². The van der Waals surface area contributed by atoms with E-state index in [1.54, 1.807) is 31.4 Å². The molecule has 1 atom stereocenters. The summed E-state index contributed by atoms with van der Waals surface area (Å²) in [6, 6.07) is 12.5. The highest BCUT2D eigenvalue weighted by molar-refractivity contribution is 7.92. The van der Waals surface area contributed by atoms with Gasteiger partial charge in [0.15, 0.2) is 0 Å². The van der Waals surface area contributed by atoms with Crippen LogP contribution in [0.2, 0.25) is 0 Å². The third-order valence-corrected chi connectivity index (χ3v) is 5.87. The Morgan fingerprint density at radius 1 is 1.19 bits per heavy atom. The Morgan fingerprint density at radius 3 is 2.54 bits per heavy atom. The van der Waals surface area contributed by atoms with E-state index in [-0.39, 0.29) is 4.90 Å². The molecule has 26 heavy (non-hydrogen) atoms. The van der Waals surface area contributed by atoms with Crippen molar-refractivity contribution in [2.45, 2.75) is 24.8 Å². The second-order valence-corrected chi connectivity index (χ2v) is 8.08. The normalized spacial score (nSPS) is 17.8. The summed E-state index contributed by atoms with van der Waals surface area (Å²) in [5.41, 5.74) is 2.36. The lowest BCUT2D eigenvalue weighted by Crippen LogP contribution is -2.43. The van der Waals surface area contributed by atoms with E-state index in [0.29, 0.717) is 30.7 Å². The van der Waals surface area contributed by atoms with E-state index in [4.69, 9.17) is 9.47 Å². The van der Waals surface area contributed by atoms with Crippen LogP contribution in [0.4, 0.5) is 11.4 Å². The predicted molar refractivity (Wildman–Crippen MR) is 103 cm³/mol. The maximum Gasteiger partial charge on any atom is 0.261 e. The van der Waals surface area contributed by atoms with Gasteiger partial charge >= 0.3 is 0 Å². The Hall–Kier alpha value is -2.25. The van der Waals surface area contributed by atoms with Crippen molar-refractivity contribution in [1.29, 1.82) is 0 Å². The first-order valence-electron chi connectivity index (χ1n) is 8.52. The topological polar surface area (TPSA) is 67.9 Å². The Labute approximate surface area is 154 Å². The average molecular weight is 376 g/mol. The van der Waals surface area contributed by atoms with Gasteiger partial charge in [0.1, 0.15) is 5.75 Å². The first-order valence-corrected chi connectivity index (χ1v) is 10.0. The number of benzene rings is 2. The third kappa shape index (κ3) is 3.94. The molecule has 1 aliphatic heterocycles. The second-order valence-electron chi connectivity index (χ2n) is 6.40. The molecule has 0 saturated carbocycles. The number of hydrogen-bond donors (Lipinski definition) is 1. The molecule has 1 unspecified atom stereocenters. The van der Waals surface area contributed by atoms with Crippen LogP contribution in [0.25, 0.3) is 0 Å². The van der Waals surface area contributed by atoms with Crippen molar-refractivity contribution in [3.8, 4) is 5.75 Å². The SMILES string of the molecule is COc1ccc(S(=O)(=O)Nc2ccc(N3CCOCC3C)cc2)cc1C. The molecule has 0 aromatic heterocycles. The van der Waals surface area contributed by atoms with Gasteiger partial charge in [-0.25, -0.2) is 8.42 Å². The van der Waals surface area contributed by atoms with Crippen LogP contribution in [0.5, 0.6) is 5.75 Å². The van der Waals surface area contributed by atoms with E-state index < -0.39 is 10.0 Å². The Bertz CT molecular complexity index is 866. The lowest BCUT2D eigenvalue weighted by Gasteiger charge is -2.35. The standard InChI is InChI=1S/C19H24N2O4S/c1-14-12-18(8-9-19(14)24-3)26(22,23)20-16-4-6-17(7-5-16)21-10-11-25-13-15(21)2/h4-9,12,15,20H,10-11,13H2,1-3H3. The molecule has 0 spiro atoms. The summed E-state index contributed by atoms with van der Waals surface area (Å²) in [6.07, 6.45) is 0. The molecule has 1 aliphatic rings. The van der Waals surface area contributed by atoms with Gasteiger partial charge in [0, 0.05) is 24.0 Å². The minimum absolute atomic E-state index is 0.210. The minimum Gasteiger partial charge on any atom is -0.496 e. The number of anilines is 2. The van der Waals surface area contributed by atoms with Gasteiger partial charge in [-0.1, -0.05) is 0 Å². The fourth-order valence-corrected chi connectivity index (χ4v) is 4.21. The Kier molecular flexibility index (Phi) is 5.38. The quantitative estimate of drug-likeness (QED) is 0.869. The van der Waals surface area contributed by atoms with Crippen LogP contribution in [0.15, 0.2) is 47.4 Å². The van der Waals surface area contributed by atoms with Crippen LogP contribution in [0, 0.1) is 6.92 Å². The summed E-state index contributed by atoms with van der Waals surface area (Å²) in [6.45, 7) is 6.16. The molecule has 6 nitrogen and oxygen atoms in total. The van der Waals surface area contributed by atoms with Crippen LogP contribution in [0.1, 0.15) is 12.5 Å². The third-order valence-electron chi connectivity index (χ3n) is 4.50. The molecule has 1 fully saturated rings. The average Bonchev–Trinajstić information content (AvgIpc) is 2.62. The maximum atomic E-state index is 12.6. The molecule has 7 heteroatoms. The van der Waals surface area contributed by atoms with Crippen molar-refractivity contribution >= 4 is 21.4 Å². The van der Waals surface area contributed by atoms with Crippen LogP contribution < -0.4 is 14.4 Å². The minimum atomic E-state index is -3.65. The van der Waals surface area contributed by atoms with Gasteiger partial charge in [0.2, 0.25) is 0 Å². The first kappa shape index (κ1) is 18.5. The summed E-state index contributed by atoms with van der Waals surface area (Å²) < 4.78 is 38.5. The molecule has 0 radical (unpaired) electrons. The van der Waals surface area contributed by atoms with Crippen LogP contribution >= 0.6 is 0 Å². The lowest BCUT2D eigenvalue weighted by molar-refractivity contribution is 0.0989. The van der Waals surface area contributed by atoms with Crippen molar-refractivity contribution in [3.63, 3.8) is 0 Å². The second kappa shape index (κ2) is 7.55. The van der Waals surface area contributed by atoms with E-state index in [1.807, 2.05) is 19.1 Å². The molecule has 0 amide bonds. The highest BCUT2D eigenvalue weighted by atomic mass is 32.2. The smallest absolute Gasteiger partial charge is 0.261 e. The number of sulfonamides is 1. The van der Waals surface area contributed by atoms with Gasteiger partial charge < -0.3 is 14.4 Å². The van der Waals surface area contributed by atoms with Gasteiger partial charge in [0.05, 0.1) is 25.2 Å². The number of ether oxygens (including phenoxy) is 2. The first-order chi connectivity index (χ1) is 12.4. The zero-order valence-corrected chi connectivity index (χ0v) is 16.0. The molecule has 3 rings (SSSR count). The number of aryl methyl sites for hydroxylation is 1. The summed E-state index contributed by atoms with van der Waals surface area (Å²) in [5, 5.41) is 0. The highest BCUT2D eigenvalue weighted by Crippen LogP contribution is 2.25. The number of nitrogens with one attached hydrogen (secondary N) is 1. The summed E-state index contributed by atoms with van der Waals surface area (Å²) in [4.78, 5) is 2.47. The van der Waals surface area contributed by atoms with E-state index in [2.05, 4.69) is 16.5 Å². The van der Waals surface area contributed by atoms with E-state index in [9.17, 15) is 8.42 Å². The van der Waals surface area contributed by atoms with E-state index in [0.717, 1.165) is 17.8 Å². The van der Waals surface area contributed by atoms with Gasteiger partial charge in [-0.3, -0.25) is 4.72 Å². The van der Waals surface area contributed by atoms with Crippen molar-refractivity contribution in [2.24, 2.45) is 0 Å². The molecule has 0 aliphatic carbocycles. The Morgan fingerprint density at radius 2 is 1.92 bits per heavy atom. The number of hydrogen-bond acceptors (Lipinski definition) is 5. The molecule has 2 aromatic carbocycles. The summed E-state index contributed by atoms with van der Waals surface area (Å²) in [7, 11) is -2.09. The highest BCUT2D eigenvalue weighted by Gasteiger charge is 2.20. The van der Waals surface area contributed by atoms with Crippen molar-refractivity contribution < 1.29 is 17.9 Å². The molecular formula is C19H24N2O4S. The molecular weight excluding hydrogens is 352 g/mol. The predicted octanol–water partition coefficient (Wildman–Crippen LogP) is 3.03. The molecule has 1 heterocycles. The fourth-order valence-electron chi connectivity index (χ4n) is 3.06. The largest absolute Gasteiger partial charge is 0.496 e. The summed E-state index contributed by atoms with van der Waals surface area (Å²) in [5.74, 6) is 0.660. The zero-order chi connectivity index (χ0) is 18.7. The van der Waals surface area contributed by atoms with Crippen molar-refractivity contribution in [1.82, 2.24) is 0 Å². The number of nitrogens with zero attached hydrogens (tertiary/aromatic N) is 1. The van der Waals surface area contributed by atoms with Crippen molar-refractivity contribution in [3.05, 3.63) is 48.0 Å². The van der Waals surface area contributed by atoms with Gasteiger partial charge in [0.25, 0.3) is 10.0 Å². The van der Waals surface area contributed by atoms with Crippen molar-refractivity contribution in [2.75, 3.05) is 36.5 Å². The van der Waals surface area contributed by atoms with Gasteiger partial charge in [-0.2, -0.15) is 0 Å². The van der Waals surface area contributed by atoms with Gasteiger partial charge in [-0.05, 0) is 61.9 Å². The van der Waals surface area contributed by atoms with E-state index in [1.165, 1.54) is 6.07 Å². The fraction of sp³-hybridized carbons (Fsp3) is 0.368. The zero-order valence-electron chi connectivity index (χ0n) is 15.2. The van der Waals surface area contributed by atoms with Crippen LogP contribution in [0.3, 0.4) is 0 Å². The summed E-state index contributed by atoms with van der Waals surface area (Å²) >= 11 is 0. The molecule has 140 valence electrons. The molecule has 0 bridgehead atoms. The Balaban J connectivity index is 1.76. The molecule has 1 saturated heterocycles. The monoisotopic (exact) mass is 376 g/mol. The number of rotatable bonds is 5. The number of morpholine rings is 1. The molecule has 2 aromatic rings. The lowest BCUT2D eigenvalue weighted by atomic mass is 10.2.